The van der Waals surface area contributed by atoms with E-state index in [4.69, 9.17) is 11.6 Å². The van der Waals surface area contributed by atoms with Crippen LogP contribution < -0.4 is 5.32 Å². The number of hydrogen-bond acceptors (Lipinski definition) is 1. The second-order valence-electron chi connectivity index (χ2n) is 4.94. The molecule has 0 spiro atoms. The summed E-state index contributed by atoms with van der Waals surface area (Å²) < 4.78 is 13.1. The van der Waals surface area contributed by atoms with E-state index >= 15 is 0 Å². The smallest absolute Gasteiger partial charge is 0.141 e. The molecule has 0 heterocycles. The van der Waals surface area contributed by atoms with Crippen LogP contribution in [0.2, 0.25) is 5.02 Å². The first-order valence-electron chi connectivity index (χ1n) is 6.52. The number of halogens is 2. The molecule has 0 unspecified atom stereocenters. The number of rotatable bonds is 3. The van der Waals surface area contributed by atoms with Crippen molar-refractivity contribution in [3.8, 4) is 0 Å². The predicted octanol–water partition coefficient (Wildman–Crippen LogP) is 4.58. The van der Waals surface area contributed by atoms with Crippen LogP contribution in [0.1, 0.15) is 23.1 Å². The molecule has 1 aliphatic carbocycles. The van der Waals surface area contributed by atoms with Crippen molar-refractivity contribution in [1.29, 1.82) is 0 Å². The lowest BCUT2D eigenvalue weighted by atomic mass is 10.1. The summed E-state index contributed by atoms with van der Waals surface area (Å²) in [5, 5.41) is 3.53. The molecular weight excluding hydrogens is 261 g/mol. The summed E-state index contributed by atoms with van der Waals surface area (Å²) in [4.78, 5) is 0. The monoisotopic (exact) mass is 275 g/mol. The SMILES string of the molecule is Fc1ccc(CNc2ccc3c(c2)CCC3)cc1Cl. The highest BCUT2D eigenvalue weighted by Crippen LogP contribution is 2.25. The summed E-state index contributed by atoms with van der Waals surface area (Å²) in [6, 6.07) is 11.3. The topological polar surface area (TPSA) is 12.0 Å². The second-order valence-corrected chi connectivity index (χ2v) is 5.35. The Kier molecular flexibility index (Phi) is 3.43. The van der Waals surface area contributed by atoms with Crippen LogP contribution in [0.15, 0.2) is 36.4 Å². The van der Waals surface area contributed by atoms with E-state index in [1.165, 1.54) is 36.5 Å². The molecule has 0 aliphatic heterocycles. The molecule has 0 amide bonds. The van der Waals surface area contributed by atoms with Crippen molar-refractivity contribution in [2.45, 2.75) is 25.8 Å². The second kappa shape index (κ2) is 5.22. The molecule has 2 aromatic carbocycles. The van der Waals surface area contributed by atoms with Gasteiger partial charge in [0.05, 0.1) is 5.02 Å². The molecular formula is C16H15ClFN. The molecule has 0 radical (unpaired) electrons. The van der Waals surface area contributed by atoms with Crippen LogP contribution in [0, 0.1) is 5.82 Å². The third-order valence-corrected chi connectivity index (χ3v) is 3.87. The van der Waals surface area contributed by atoms with E-state index in [9.17, 15) is 4.39 Å². The number of benzene rings is 2. The van der Waals surface area contributed by atoms with Gasteiger partial charge < -0.3 is 5.32 Å². The zero-order valence-electron chi connectivity index (χ0n) is 10.5. The number of aryl methyl sites for hydroxylation is 2. The zero-order chi connectivity index (χ0) is 13.2. The first-order chi connectivity index (χ1) is 9.22. The van der Waals surface area contributed by atoms with Crippen molar-refractivity contribution in [2.24, 2.45) is 0 Å². The molecule has 1 N–H and O–H groups in total. The van der Waals surface area contributed by atoms with Crippen molar-refractivity contribution in [1.82, 2.24) is 0 Å². The Morgan fingerprint density at radius 2 is 1.89 bits per heavy atom. The Morgan fingerprint density at radius 1 is 1.05 bits per heavy atom. The van der Waals surface area contributed by atoms with Gasteiger partial charge >= 0.3 is 0 Å². The highest BCUT2D eigenvalue weighted by molar-refractivity contribution is 6.30. The van der Waals surface area contributed by atoms with Crippen LogP contribution in [0.4, 0.5) is 10.1 Å². The van der Waals surface area contributed by atoms with E-state index in [1.54, 1.807) is 12.1 Å². The third-order valence-electron chi connectivity index (χ3n) is 3.58. The average molecular weight is 276 g/mol. The number of nitrogens with one attached hydrogen (secondary N) is 1. The summed E-state index contributed by atoms with van der Waals surface area (Å²) in [5.74, 6) is -0.372. The van der Waals surface area contributed by atoms with Gasteiger partial charge in [-0.25, -0.2) is 4.39 Å². The first-order valence-corrected chi connectivity index (χ1v) is 6.90. The van der Waals surface area contributed by atoms with Crippen LogP contribution in [0.25, 0.3) is 0 Å². The van der Waals surface area contributed by atoms with E-state index in [1.807, 2.05) is 0 Å². The van der Waals surface area contributed by atoms with Gasteiger partial charge in [-0.15, -0.1) is 0 Å². The molecule has 3 rings (SSSR count). The molecule has 0 bridgehead atoms. The molecule has 3 heteroatoms. The van der Waals surface area contributed by atoms with Gasteiger partial charge in [-0.1, -0.05) is 23.7 Å². The van der Waals surface area contributed by atoms with Crippen molar-refractivity contribution >= 4 is 17.3 Å². The van der Waals surface area contributed by atoms with E-state index in [0.717, 1.165) is 11.3 Å². The Hall–Kier alpha value is -1.54. The van der Waals surface area contributed by atoms with E-state index < -0.39 is 0 Å². The Labute approximate surface area is 117 Å². The van der Waals surface area contributed by atoms with Gasteiger partial charge in [-0.05, 0) is 60.2 Å². The highest BCUT2D eigenvalue weighted by Gasteiger charge is 2.10. The maximum atomic E-state index is 13.1. The lowest BCUT2D eigenvalue weighted by Crippen LogP contribution is -2.00. The van der Waals surface area contributed by atoms with Crippen LogP contribution >= 0.6 is 11.6 Å². The van der Waals surface area contributed by atoms with Crippen LogP contribution in [0.5, 0.6) is 0 Å². The van der Waals surface area contributed by atoms with Gasteiger partial charge in [0.2, 0.25) is 0 Å². The minimum absolute atomic E-state index is 0.174. The summed E-state index contributed by atoms with van der Waals surface area (Å²) in [7, 11) is 0. The molecule has 0 aromatic heterocycles. The quantitative estimate of drug-likeness (QED) is 0.864. The molecule has 0 fully saturated rings. The molecule has 19 heavy (non-hydrogen) atoms. The number of hydrogen-bond donors (Lipinski definition) is 1. The number of fused-ring (bicyclic) bond motifs is 1. The van der Waals surface area contributed by atoms with Gasteiger partial charge in [0, 0.05) is 12.2 Å². The van der Waals surface area contributed by atoms with Gasteiger partial charge in [-0.2, -0.15) is 0 Å². The lowest BCUT2D eigenvalue weighted by Gasteiger charge is -2.09. The van der Waals surface area contributed by atoms with E-state index in [0.29, 0.717) is 6.54 Å². The zero-order valence-corrected chi connectivity index (χ0v) is 11.3. The number of anilines is 1. The molecule has 2 aromatic rings. The van der Waals surface area contributed by atoms with E-state index in [-0.39, 0.29) is 10.8 Å². The average Bonchev–Trinajstić information content (AvgIpc) is 2.87. The predicted molar refractivity (Wildman–Crippen MR) is 77.2 cm³/mol. The minimum atomic E-state index is -0.372. The molecule has 0 saturated heterocycles. The van der Waals surface area contributed by atoms with Gasteiger partial charge in [-0.3, -0.25) is 0 Å². The van der Waals surface area contributed by atoms with Gasteiger partial charge in [0.1, 0.15) is 5.82 Å². The summed E-state index contributed by atoms with van der Waals surface area (Å²) in [5.41, 5.74) is 5.01. The first kappa shape index (κ1) is 12.5. The Bertz CT molecular complexity index is 610. The highest BCUT2D eigenvalue weighted by atomic mass is 35.5. The Morgan fingerprint density at radius 3 is 2.74 bits per heavy atom. The summed E-state index contributed by atoms with van der Waals surface area (Å²) in [6.07, 6.45) is 3.63. The van der Waals surface area contributed by atoms with Gasteiger partial charge in [0.25, 0.3) is 0 Å². The third kappa shape index (κ3) is 2.74. The minimum Gasteiger partial charge on any atom is -0.381 e. The van der Waals surface area contributed by atoms with E-state index in [2.05, 4.69) is 23.5 Å². The standard InChI is InChI=1S/C16H15ClFN/c17-15-8-11(4-7-16(15)18)10-19-14-6-5-12-2-1-3-13(12)9-14/h4-9,19H,1-3,10H2. The molecule has 0 saturated carbocycles. The van der Waals surface area contributed by atoms with Crippen molar-refractivity contribution in [3.63, 3.8) is 0 Å². The largest absolute Gasteiger partial charge is 0.381 e. The summed E-state index contributed by atoms with van der Waals surface area (Å²) >= 11 is 5.77. The fourth-order valence-corrected chi connectivity index (χ4v) is 2.74. The molecule has 98 valence electrons. The van der Waals surface area contributed by atoms with Crippen molar-refractivity contribution in [3.05, 3.63) is 63.9 Å². The lowest BCUT2D eigenvalue weighted by molar-refractivity contribution is 0.627. The summed E-state index contributed by atoms with van der Waals surface area (Å²) in [6.45, 7) is 0.652. The van der Waals surface area contributed by atoms with Crippen LogP contribution in [-0.4, -0.2) is 0 Å². The van der Waals surface area contributed by atoms with Gasteiger partial charge in [0.15, 0.2) is 0 Å². The fraction of sp³-hybridized carbons (Fsp3) is 0.250. The molecule has 1 nitrogen and oxygen atoms in total. The van der Waals surface area contributed by atoms with Crippen LogP contribution in [0.3, 0.4) is 0 Å². The fourth-order valence-electron chi connectivity index (χ4n) is 2.54. The Balaban J connectivity index is 1.70. The maximum absolute atomic E-state index is 13.1. The molecule has 1 aliphatic rings. The maximum Gasteiger partial charge on any atom is 0.141 e. The normalized spacial score (nSPS) is 13.4. The molecule has 0 atom stereocenters. The van der Waals surface area contributed by atoms with Crippen molar-refractivity contribution < 1.29 is 4.39 Å². The van der Waals surface area contributed by atoms with Crippen molar-refractivity contribution in [2.75, 3.05) is 5.32 Å². The van der Waals surface area contributed by atoms with Crippen LogP contribution in [-0.2, 0) is 19.4 Å².